The van der Waals surface area contributed by atoms with Crippen LogP contribution in [0, 0.1) is 5.41 Å². The van der Waals surface area contributed by atoms with Gasteiger partial charge < -0.3 is 0 Å². The fraction of sp³-hybridized carbons (Fsp3) is 0.100. The molecule has 0 radical (unpaired) electrons. The average Bonchev–Trinajstić information content (AvgIpc) is 2.58. The molecule has 6 nitrogen and oxygen atoms in total. The fourth-order valence-corrected chi connectivity index (χ4v) is 2.29. The molecule has 94 valence electrons. The van der Waals surface area contributed by atoms with Crippen LogP contribution in [0.1, 0.15) is 12.5 Å². The van der Waals surface area contributed by atoms with Gasteiger partial charge in [0, 0.05) is 10.6 Å². The highest BCUT2D eigenvalue weighted by Crippen LogP contribution is 2.33. The Balaban J connectivity index is 2.66. The number of nitrogens with zero attached hydrogens (tertiary/aromatic N) is 2. The second kappa shape index (κ2) is 4.27. The number of hydrogen-bond acceptors (Lipinski definition) is 4. The lowest BCUT2D eigenvalue weighted by Crippen LogP contribution is -2.01. The summed E-state index contributed by atoms with van der Waals surface area (Å²) in [5.74, 6) is -0.0955. The molecule has 1 aromatic carbocycles. The summed E-state index contributed by atoms with van der Waals surface area (Å²) in [5, 5.41) is 15.2. The van der Waals surface area contributed by atoms with Gasteiger partial charge in [-0.1, -0.05) is 11.6 Å². The monoisotopic (exact) mass is 285 g/mol. The Kier molecular flexibility index (Phi) is 3.05. The van der Waals surface area contributed by atoms with E-state index in [2.05, 4.69) is 10.2 Å². The maximum Gasteiger partial charge on any atom is 0.294 e. The first-order valence-electron chi connectivity index (χ1n) is 4.79. The smallest absolute Gasteiger partial charge is 0.282 e. The van der Waals surface area contributed by atoms with E-state index in [4.69, 9.17) is 21.6 Å². The van der Waals surface area contributed by atoms with Crippen LogP contribution >= 0.6 is 11.6 Å². The first-order chi connectivity index (χ1) is 8.30. The molecule has 0 atom stereocenters. The number of azo groups is 1. The van der Waals surface area contributed by atoms with Crippen LogP contribution in [-0.2, 0) is 10.1 Å². The van der Waals surface area contributed by atoms with E-state index in [1.807, 2.05) is 0 Å². The highest BCUT2D eigenvalue weighted by atomic mass is 35.5. The summed E-state index contributed by atoms with van der Waals surface area (Å²) in [7, 11) is -4.32. The van der Waals surface area contributed by atoms with Crippen molar-refractivity contribution in [3.05, 3.63) is 34.5 Å². The van der Waals surface area contributed by atoms with Crippen molar-refractivity contribution in [1.82, 2.24) is 0 Å². The van der Waals surface area contributed by atoms with Crippen molar-refractivity contribution in [1.29, 1.82) is 5.41 Å². The van der Waals surface area contributed by atoms with Crippen molar-refractivity contribution in [2.75, 3.05) is 0 Å². The lowest BCUT2D eigenvalue weighted by atomic mass is 10.0. The highest BCUT2D eigenvalue weighted by Gasteiger charge is 2.21. The van der Waals surface area contributed by atoms with Gasteiger partial charge in [0.2, 0.25) is 0 Å². The van der Waals surface area contributed by atoms with Crippen LogP contribution in [0.3, 0.4) is 0 Å². The Morgan fingerprint density at radius 2 is 2.00 bits per heavy atom. The Labute approximate surface area is 108 Å². The van der Waals surface area contributed by atoms with Gasteiger partial charge in [-0.2, -0.15) is 13.5 Å². The molecule has 1 aliphatic rings. The molecule has 0 aliphatic carbocycles. The number of halogens is 1. The maximum absolute atomic E-state index is 11.1. The van der Waals surface area contributed by atoms with Gasteiger partial charge in [0.1, 0.15) is 0 Å². The summed E-state index contributed by atoms with van der Waals surface area (Å²) in [4.78, 5) is -0.290. The molecule has 2 N–H and O–H groups in total. The number of amidine groups is 1. The summed E-state index contributed by atoms with van der Waals surface area (Å²) >= 11 is 5.97. The van der Waals surface area contributed by atoms with E-state index in [0.717, 1.165) is 0 Å². The lowest BCUT2D eigenvalue weighted by Gasteiger charge is -2.07. The standard InChI is InChI=1S/C10H8ClN3O3S/c1-5-9(10(12)14-13-5)7-4-6(18(15,16)17)2-3-8(7)11/h2-4,12H,1H3,(H,15,16,17). The quantitative estimate of drug-likeness (QED) is 0.816. The van der Waals surface area contributed by atoms with E-state index >= 15 is 0 Å². The van der Waals surface area contributed by atoms with Gasteiger partial charge >= 0.3 is 0 Å². The van der Waals surface area contributed by atoms with E-state index in [0.29, 0.717) is 16.8 Å². The normalized spacial score (nSPS) is 15.6. The minimum absolute atomic E-state index is 0.0955. The molecule has 1 aromatic rings. The van der Waals surface area contributed by atoms with E-state index in [-0.39, 0.29) is 15.8 Å². The molecule has 2 rings (SSSR count). The molecular formula is C10H8ClN3O3S. The third-order valence-electron chi connectivity index (χ3n) is 2.40. The molecule has 0 fully saturated rings. The molecule has 0 saturated carbocycles. The van der Waals surface area contributed by atoms with Crippen molar-refractivity contribution in [2.45, 2.75) is 11.8 Å². The van der Waals surface area contributed by atoms with Gasteiger partial charge in [0.25, 0.3) is 10.1 Å². The zero-order valence-electron chi connectivity index (χ0n) is 9.18. The Bertz CT molecular complexity index is 707. The van der Waals surface area contributed by atoms with Gasteiger partial charge in [0.15, 0.2) is 5.84 Å². The number of rotatable bonds is 2. The van der Waals surface area contributed by atoms with Gasteiger partial charge in [-0.05, 0) is 25.1 Å². The summed E-state index contributed by atoms with van der Waals surface area (Å²) in [5.41, 5.74) is 1.12. The largest absolute Gasteiger partial charge is 0.294 e. The van der Waals surface area contributed by atoms with E-state index in [1.165, 1.54) is 18.2 Å². The maximum atomic E-state index is 11.1. The third-order valence-corrected chi connectivity index (χ3v) is 3.58. The van der Waals surface area contributed by atoms with Crippen molar-refractivity contribution in [2.24, 2.45) is 10.2 Å². The topological polar surface area (TPSA) is 103 Å². The number of hydrogen-bond donors (Lipinski definition) is 2. The van der Waals surface area contributed by atoms with Crippen molar-refractivity contribution in [3.8, 4) is 0 Å². The SMILES string of the molecule is CC1=C(c2cc(S(=O)(=O)O)ccc2Cl)C(=N)N=N1. The Hall–Kier alpha value is -1.57. The second-order valence-electron chi connectivity index (χ2n) is 3.63. The fourth-order valence-electron chi connectivity index (χ4n) is 1.58. The Morgan fingerprint density at radius 3 is 2.50 bits per heavy atom. The molecule has 0 bridgehead atoms. The van der Waals surface area contributed by atoms with Crippen LogP contribution in [0.4, 0.5) is 0 Å². The first kappa shape index (κ1) is 12.9. The molecule has 1 aliphatic heterocycles. The third kappa shape index (κ3) is 2.20. The minimum Gasteiger partial charge on any atom is -0.282 e. The molecule has 8 heteroatoms. The van der Waals surface area contributed by atoms with Crippen LogP contribution < -0.4 is 0 Å². The molecule has 0 aromatic heterocycles. The van der Waals surface area contributed by atoms with E-state index in [1.54, 1.807) is 6.92 Å². The van der Waals surface area contributed by atoms with Crippen LogP contribution in [0.15, 0.2) is 39.0 Å². The number of allylic oxidation sites excluding steroid dienone is 1. The zero-order valence-corrected chi connectivity index (χ0v) is 10.7. The van der Waals surface area contributed by atoms with E-state index in [9.17, 15) is 8.42 Å². The van der Waals surface area contributed by atoms with Crippen LogP contribution in [-0.4, -0.2) is 18.8 Å². The van der Waals surface area contributed by atoms with Gasteiger partial charge in [-0.25, -0.2) is 0 Å². The van der Waals surface area contributed by atoms with Gasteiger partial charge in [-0.3, -0.25) is 9.96 Å². The average molecular weight is 286 g/mol. The molecule has 0 spiro atoms. The molecule has 0 saturated heterocycles. The van der Waals surface area contributed by atoms with Crippen LogP contribution in [0.5, 0.6) is 0 Å². The van der Waals surface area contributed by atoms with Gasteiger partial charge in [-0.15, -0.1) is 5.11 Å². The summed E-state index contributed by atoms with van der Waals surface area (Å²) in [6.45, 7) is 1.64. The summed E-state index contributed by atoms with van der Waals surface area (Å²) in [6, 6.07) is 3.72. The van der Waals surface area contributed by atoms with Crippen LogP contribution in [0.25, 0.3) is 5.57 Å². The van der Waals surface area contributed by atoms with Gasteiger partial charge in [0.05, 0.1) is 16.2 Å². The molecule has 1 heterocycles. The number of benzene rings is 1. The molecule has 0 unspecified atom stereocenters. The lowest BCUT2D eigenvalue weighted by molar-refractivity contribution is 0.483. The van der Waals surface area contributed by atoms with Crippen LogP contribution in [0.2, 0.25) is 5.02 Å². The predicted octanol–water partition coefficient (Wildman–Crippen LogP) is 2.76. The zero-order chi connectivity index (χ0) is 13.5. The van der Waals surface area contributed by atoms with Crippen molar-refractivity contribution < 1.29 is 13.0 Å². The molecule has 18 heavy (non-hydrogen) atoms. The van der Waals surface area contributed by atoms with Crippen molar-refractivity contribution in [3.63, 3.8) is 0 Å². The Morgan fingerprint density at radius 1 is 1.33 bits per heavy atom. The van der Waals surface area contributed by atoms with Crippen molar-refractivity contribution >= 4 is 33.1 Å². The highest BCUT2D eigenvalue weighted by molar-refractivity contribution is 7.85. The summed E-state index contributed by atoms with van der Waals surface area (Å²) < 4.78 is 31.1. The molecular weight excluding hydrogens is 278 g/mol. The van der Waals surface area contributed by atoms with E-state index < -0.39 is 10.1 Å². The number of nitrogens with one attached hydrogen (secondary N) is 1. The molecule has 0 amide bonds. The first-order valence-corrected chi connectivity index (χ1v) is 6.61. The summed E-state index contributed by atoms with van der Waals surface area (Å²) in [6.07, 6.45) is 0. The predicted molar refractivity (Wildman–Crippen MR) is 66.4 cm³/mol. The second-order valence-corrected chi connectivity index (χ2v) is 5.45. The minimum atomic E-state index is -4.32.